The number of benzene rings is 1. The molecular weight excluding hydrogens is 262 g/mol. The van der Waals surface area contributed by atoms with Gasteiger partial charge in [-0.05, 0) is 44.0 Å². The topological polar surface area (TPSA) is 57.8 Å². The second kappa shape index (κ2) is 6.68. The van der Waals surface area contributed by atoms with Gasteiger partial charge in [-0.2, -0.15) is 5.10 Å². The van der Waals surface area contributed by atoms with Gasteiger partial charge in [0.2, 0.25) is 0 Å². The highest BCUT2D eigenvalue weighted by Gasteiger charge is 2.08. The molecule has 0 saturated heterocycles. The molecule has 21 heavy (non-hydrogen) atoms. The highest BCUT2D eigenvalue weighted by atomic mass is 16.1. The second-order valence-electron chi connectivity index (χ2n) is 5.95. The number of H-pyrrole nitrogens is 1. The lowest BCUT2D eigenvalue weighted by Gasteiger charge is -2.09. The Labute approximate surface area is 125 Å². The first-order valence-corrected chi connectivity index (χ1v) is 7.34. The van der Waals surface area contributed by atoms with Gasteiger partial charge in [-0.15, -0.1) is 0 Å². The van der Waals surface area contributed by atoms with E-state index in [1.807, 2.05) is 6.07 Å². The van der Waals surface area contributed by atoms with Crippen LogP contribution in [0.4, 0.5) is 0 Å². The second-order valence-corrected chi connectivity index (χ2v) is 5.95. The van der Waals surface area contributed by atoms with E-state index in [0.717, 1.165) is 28.9 Å². The normalized spacial score (nSPS) is 11.1. The van der Waals surface area contributed by atoms with Crippen molar-refractivity contribution in [3.63, 3.8) is 0 Å². The summed E-state index contributed by atoms with van der Waals surface area (Å²) in [6, 6.07) is 8.14. The van der Waals surface area contributed by atoms with Gasteiger partial charge in [0.1, 0.15) is 0 Å². The maximum absolute atomic E-state index is 11.9. The van der Waals surface area contributed by atoms with Crippen LogP contribution >= 0.6 is 0 Å². The van der Waals surface area contributed by atoms with E-state index in [1.165, 1.54) is 5.56 Å². The monoisotopic (exact) mass is 285 g/mol. The number of nitrogens with one attached hydrogen (secondary N) is 2. The van der Waals surface area contributed by atoms with Crippen LogP contribution in [0.1, 0.15) is 30.5 Å². The molecule has 2 N–H and O–H groups in total. The van der Waals surface area contributed by atoms with Crippen molar-refractivity contribution in [1.29, 1.82) is 0 Å². The molecule has 0 bridgehead atoms. The minimum atomic E-state index is -0.125. The molecule has 0 spiro atoms. The Bertz CT molecular complexity index is 674. The summed E-state index contributed by atoms with van der Waals surface area (Å²) >= 11 is 0. The molecule has 0 aliphatic carbocycles. The lowest BCUT2D eigenvalue weighted by molar-refractivity contribution is 0.550. The minimum absolute atomic E-state index is 0.125. The number of aromatic amines is 1. The van der Waals surface area contributed by atoms with Crippen molar-refractivity contribution in [1.82, 2.24) is 15.5 Å². The highest BCUT2D eigenvalue weighted by Crippen LogP contribution is 2.22. The molecule has 1 aromatic heterocycles. The molecule has 4 heteroatoms. The van der Waals surface area contributed by atoms with Crippen molar-refractivity contribution in [3.8, 4) is 11.3 Å². The average molecular weight is 285 g/mol. The predicted molar refractivity (Wildman–Crippen MR) is 86.3 cm³/mol. The SMILES string of the molecule is Cc1ccc(C)c(-c2cc(CNCC(C)C)c(=O)[nH]n2)c1. The predicted octanol–water partition coefficient (Wildman–Crippen LogP) is 2.80. The molecule has 4 nitrogen and oxygen atoms in total. The van der Waals surface area contributed by atoms with Gasteiger partial charge in [0, 0.05) is 17.7 Å². The summed E-state index contributed by atoms with van der Waals surface area (Å²) in [5, 5.41) is 10.1. The first-order chi connectivity index (χ1) is 9.97. The van der Waals surface area contributed by atoms with Crippen molar-refractivity contribution in [2.24, 2.45) is 5.92 Å². The van der Waals surface area contributed by atoms with Gasteiger partial charge < -0.3 is 5.32 Å². The van der Waals surface area contributed by atoms with Crippen LogP contribution in [0.5, 0.6) is 0 Å². The molecule has 0 fully saturated rings. The van der Waals surface area contributed by atoms with E-state index in [-0.39, 0.29) is 5.56 Å². The van der Waals surface area contributed by atoms with E-state index in [1.54, 1.807) is 0 Å². The number of hydrogen-bond acceptors (Lipinski definition) is 3. The Hall–Kier alpha value is -1.94. The molecule has 0 unspecified atom stereocenters. The Morgan fingerprint density at radius 2 is 2.00 bits per heavy atom. The summed E-state index contributed by atoms with van der Waals surface area (Å²) in [7, 11) is 0. The quantitative estimate of drug-likeness (QED) is 0.888. The smallest absolute Gasteiger partial charge is 0.268 e. The summed E-state index contributed by atoms with van der Waals surface area (Å²) in [5.41, 5.74) is 4.82. The van der Waals surface area contributed by atoms with Crippen molar-refractivity contribution in [3.05, 3.63) is 51.3 Å². The van der Waals surface area contributed by atoms with E-state index in [9.17, 15) is 4.79 Å². The Morgan fingerprint density at radius 3 is 2.71 bits per heavy atom. The van der Waals surface area contributed by atoms with Crippen LogP contribution < -0.4 is 10.9 Å². The van der Waals surface area contributed by atoms with E-state index < -0.39 is 0 Å². The fourth-order valence-electron chi connectivity index (χ4n) is 2.22. The zero-order valence-corrected chi connectivity index (χ0v) is 13.2. The van der Waals surface area contributed by atoms with Gasteiger partial charge >= 0.3 is 0 Å². The lowest BCUT2D eigenvalue weighted by Crippen LogP contribution is -2.24. The Kier molecular flexibility index (Phi) is 4.91. The number of aryl methyl sites for hydroxylation is 2. The fourth-order valence-corrected chi connectivity index (χ4v) is 2.22. The molecular formula is C17H23N3O. The molecule has 0 amide bonds. The third-order valence-corrected chi connectivity index (χ3v) is 3.42. The first kappa shape index (κ1) is 15.4. The third kappa shape index (κ3) is 4.02. The zero-order chi connectivity index (χ0) is 15.4. The van der Waals surface area contributed by atoms with Gasteiger partial charge in [-0.25, -0.2) is 5.10 Å². The Morgan fingerprint density at radius 1 is 1.24 bits per heavy atom. The molecule has 0 aliphatic heterocycles. The van der Waals surface area contributed by atoms with Crippen LogP contribution in [0.15, 0.2) is 29.1 Å². The molecule has 2 rings (SSSR count). The van der Waals surface area contributed by atoms with E-state index in [2.05, 4.69) is 61.4 Å². The van der Waals surface area contributed by atoms with Crippen molar-refractivity contribution in [2.45, 2.75) is 34.2 Å². The molecule has 1 aromatic carbocycles. The van der Waals surface area contributed by atoms with E-state index in [4.69, 9.17) is 0 Å². The minimum Gasteiger partial charge on any atom is -0.312 e. The van der Waals surface area contributed by atoms with Crippen molar-refractivity contribution in [2.75, 3.05) is 6.54 Å². The molecule has 2 aromatic rings. The van der Waals surface area contributed by atoms with Gasteiger partial charge in [0.05, 0.1) is 5.69 Å². The summed E-state index contributed by atoms with van der Waals surface area (Å²) in [5.74, 6) is 0.560. The van der Waals surface area contributed by atoms with Crippen LogP contribution in [-0.2, 0) is 6.54 Å². The molecule has 0 saturated carbocycles. The van der Waals surface area contributed by atoms with Gasteiger partial charge in [-0.3, -0.25) is 4.79 Å². The molecule has 0 aliphatic rings. The maximum atomic E-state index is 11.9. The molecule has 1 heterocycles. The van der Waals surface area contributed by atoms with Crippen LogP contribution in [0.2, 0.25) is 0 Å². The summed E-state index contributed by atoms with van der Waals surface area (Å²) in [6.45, 7) is 9.85. The van der Waals surface area contributed by atoms with E-state index >= 15 is 0 Å². The van der Waals surface area contributed by atoms with Crippen molar-refractivity contribution >= 4 is 0 Å². The van der Waals surface area contributed by atoms with Crippen LogP contribution in [-0.4, -0.2) is 16.7 Å². The lowest BCUT2D eigenvalue weighted by atomic mass is 10.0. The van der Waals surface area contributed by atoms with Crippen LogP contribution in [0.3, 0.4) is 0 Å². The van der Waals surface area contributed by atoms with Crippen LogP contribution in [0, 0.1) is 19.8 Å². The Balaban J connectivity index is 2.29. The summed E-state index contributed by atoms with van der Waals surface area (Å²) in [6.07, 6.45) is 0. The summed E-state index contributed by atoms with van der Waals surface area (Å²) < 4.78 is 0. The number of nitrogens with zero attached hydrogens (tertiary/aromatic N) is 1. The number of aromatic nitrogens is 2. The zero-order valence-electron chi connectivity index (χ0n) is 13.2. The molecule has 112 valence electrons. The highest BCUT2D eigenvalue weighted by molar-refractivity contribution is 5.64. The maximum Gasteiger partial charge on any atom is 0.268 e. The van der Waals surface area contributed by atoms with E-state index in [0.29, 0.717) is 12.5 Å². The first-order valence-electron chi connectivity index (χ1n) is 7.34. The van der Waals surface area contributed by atoms with Gasteiger partial charge in [0.25, 0.3) is 5.56 Å². The largest absolute Gasteiger partial charge is 0.312 e. The molecule has 0 atom stereocenters. The molecule has 0 radical (unpaired) electrons. The fraction of sp³-hybridized carbons (Fsp3) is 0.412. The third-order valence-electron chi connectivity index (χ3n) is 3.42. The van der Waals surface area contributed by atoms with Gasteiger partial charge in [0.15, 0.2) is 0 Å². The van der Waals surface area contributed by atoms with Crippen LogP contribution in [0.25, 0.3) is 11.3 Å². The average Bonchev–Trinajstić information content (AvgIpc) is 2.43. The summed E-state index contributed by atoms with van der Waals surface area (Å²) in [4.78, 5) is 11.9. The van der Waals surface area contributed by atoms with Crippen molar-refractivity contribution < 1.29 is 0 Å². The number of hydrogen-bond donors (Lipinski definition) is 2. The number of rotatable bonds is 5. The van der Waals surface area contributed by atoms with Gasteiger partial charge in [-0.1, -0.05) is 31.5 Å². The standard InChI is InChI=1S/C17H23N3O/c1-11(2)9-18-10-14-8-16(19-20-17(14)21)15-7-12(3)5-6-13(15)4/h5-8,11,18H,9-10H2,1-4H3,(H,20,21).